The molecule has 0 radical (unpaired) electrons. The average molecular weight is 248 g/mol. The Labute approximate surface area is 107 Å². The summed E-state index contributed by atoms with van der Waals surface area (Å²) < 4.78 is 0. The molecule has 1 aromatic carbocycles. The van der Waals surface area contributed by atoms with Crippen molar-refractivity contribution < 1.29 is 9.90 Å². The Morgan fingerprint density at radius 2 is 2.28 bits per heavy atom. The molecule has 0 spiro atoms. The van der Waals surface area contributed by atoms with Gasteiger partial charge < -0.3 is 15.7 Å². The van der Waals surface area contributed by atoms with Crippen LogP contribution >= 0.6 is 0 Å². The zero-order valence-corrected chi connectivity index (χ0v) is 10.9. The van der Waals surface area contributed by atoms with Crippen LogP contribution in [0.15, 0.2) is 24.3 Å². The molecular formula is C14H20N2O2. The van der Waals surface area contributed by atoms with Crippen LogP contribution in [0.5, 0.6) is 0 Å². The Morgan fingerprint density at radius 1 is 1.56 bits per heavy atom. The third-order valence-electron chi connectivity index (χ3n) is 3.54. The van der Waals surface area contributed by atoms with E-state index in [1.165, 1.54) is 0 Å². The largest absolute Gasteiger partial charge is 0.399 e. The van der Waals surface area contributed by atoms with Gasteiger partial charge >= 0.3 is 0 Å². The van der Waals surface area contributed by atoms with Crippen molar-refractivity contribution >= 4 is 11.6 Å². The summed E-state index contributed by atoms with van der Waals surface area (Å²) in [5.74, 6) is -0.166. The van der Waals surface area contributed by atoms with E-state index >= 15 is 0 Å². The second-order valence-corrected chi connectivity index (χ2v) is 5.40. The van der Waals surface area contributed by atoms with Crippen molar-refractivity contribution in [3.63, 3.8) is 0 Å². The number of anilines is 1. The first kappa shape index (κ1) is 12.9. The van der Waals surface area contributed by atoms with E-state index in [4.69, 9.17) is 5.73 Å². The van der Waals surface area contributed by atoms with Crippen LogP contribution in [0.25, 0.3) is 0 Å². The molecule has 18 heavy (non-hydrogen) atoms. The lowest BCUT2D eigenvalue weighted by atomic mass is 9.99. The van der Waals surface area contributed by atoms with Crippen LogP contribution < -0.4 is 5.73 Å². The van der Waals surface area contributed by atoms with E-state index in [1.54, 1.807) is 17.9 Å². The zero-order valence-electron chi connectivity index (χ0n) is 10.9. The third-order valence-corrected chi connectivity index (χ3v) is 3.54. The van der Waals surface area contributed by atoms with Gasteiger partial charge in [0.2, 0.25) is 5.91 Å². The Morgan fingerprint density at radius 3 is 2.83 bits per heavy atom. The van der Waals surface area contributed by atoms with Gasteiger partial charge in [0.15, 0.2) is 0 Å². The minimum atomic E-state index is -0.745. The van der Waals surface area contributed by atoms with Crippen LogP contribution in [-0.2, 0) is 4.79 Å². The first-order valence-electron chi connectivity index (χ1n) is 6.26. The van der Waals surface area contributed by atoms with Gasteiger partial charge in [-0.05, 0) is 38.0 Å². The number of nitrogens with zero attached hydrogens (tertiary/aromatic N) is 1. The van der Waals surface area contributed by atoms with E-state index in [2.05, 4.69) is 0 Å². The van der Waals surface area contributed by atoms with E-state index in [0.29, 0.717) is 25.2 Å². The Balaban J connectivity index is 2.10. The van der Waals surface area contributed by atoms with Crippen LogP contribution in [-0.4, -0.2) is 34.6 Å². The van der Waals surface area contributed by atoms with Crippen LogP contribution in [0.3, 0.4) is 0 Å². The molecule has 4 nitrogen and oxygen atoms in total. The van der Waals surface area contributed by atoms with Gasteiger partial charge in [0, 0.05) is 18.8 Å². The molecule has 4 heteroatoms. The standard InChI is InChI=1S/C14H20N2O2/c1-10(11-4-3-5-12(15)8-11)13(17)16-7-6-14(2,18)9-16/h3-5,8,10,18H,6-7,9,15H2,1-2H3. The normalized spacial score (nSPS) is 25.2. The van der Waals surface area contributed by atoms with Gasteiger partial charge in [0.25, 0.3) is 0 Å². The number of hydrogen-bond acceptors (Lipinski definition) is 3. The van der Waals surface area contributed by atoms with Crippen molar-refractivity contribution in [3.8, 4) is 0 Å². The lowest BCUT2D eigenvalue weighted by molar-refractivity contribution is -0.132. The molecule has 1 aliphatic rings. The third kappa shape index (κ3) is 2.64. The van der Waals surface area contributed by atoms with Gasteiger partial charge in [-0.1, -0.05) is 12.1 Å². The number of rotatable bonds is 2. The maximum absolute atomic E-state index is 12.3. The van der Waals surface area contributed by atoms with Crippen molar-refractivity contribution in [1.29, 1.82) is 0 Å². The summed E-state index contributed by atoms with van der Waals surface area (Å²) in [5.41, 5.74) is 6.57. The fraction of sp³-hybridized carbons (Fsp3) is 0.500. The molecule has 3 N–H and O–H groups in total. The number of nitrogens with two attached hydrogens (primary N) is 1. The highest BCUT2D eigenvalue weighted by Gasteiger charge is 2.35. The molecule has 1 heterocycles. The second-order valence-electron chi connectivity index (χ2n) is 5.40. The average Bonchev–Trinajstić information content (AvgIpc) is 2.68. The van der Waals surface area contributed by atoms with E-state index in [1.807, 2.05) is 25.1 Å². The van der Waals surface area contributed by atoms with Gasteiger partial charge in [0.05, 0.1) is 11.5 Å². The molecule has 2 unspecified atom stereocenters. The SMILES string of the molecule is CC(C(=O)N1CCC(C)(O)C1)c1cccc(N)c1. The highest BCUT2D eigenvalue weighted by molar-refractivity contribution is 5.84. The monoisotopic (exact) mass is 248 g/mol. The number of nitrogen functional groups attached to an aromatic ring is 1. The number of carbonyl (C=O) groups is 1. The lowest BCUT2D eigenvalue weighted by Gasteiger charge is -2.22. The summed E-state index contributed by atoms with van der Waals surface area (Å²) in [7, 11) is 0. The minimum absolute atomic E-state index is 0.0541. The molecule has 1 amide bonds. The number of aliphatic hydroxyl groups is 1. The first-order valence-corrected chi connectivity index (χ1v) is 6.26. The van der Waals surface area contributed by atoms with Gasteiger partial charge in [-0.3, -0.25) is 4.79 Å². The van der Waals surface area contributed by atoms with Crippen molar-refractivity contribution in [2.45, 2.75) is 31.8 Å². The van der Waals surface area contributed by atoms with Gasteiger partial charge in [-0.15, -0.1) is 0 Å². The van der Waals surface area contributed by atoms with Gasteiger partial charge in [-0.2, -0.15) is 0 Å². The fourth-order valence-electron chi connectivity index (χ4n) is 2.38. The molecule has 1 fully saturated rings. The summed E-state index contributed by atoms with van der Waals surface area (Å²) >= 11 is 0. The van der Waals surface area contributed by atoms with Crippen LogP contribution in [0.1, 0.15) is 31.7 Å². The van der Waals surface area contributed by atoms with Crippen molar-refractivity contribution in [1.82, 2.24) is 4.90 Å². The van der Waals surface area contributed by atoms with Crippen molar-refractivity contribution in [3.05, 3.63) is 29.8 Å². The van der Waals surface area contributed by atoms with E-state index < -0.39 is 5.60 Å². The van der Waals surface area contributed by atoms with Crippen LogP contribution in [0.4, 0.5) is 5.69 Å². The van der Waals surface area contributed by atoms with Crippen molar-refractivity contribution in [2.75, 3.05) is 18.8 Å². The topological polar surface area (TPSA) is 66.6 Å². The number of likely N-dealkylation sites (tertiary alicyclic amines) is 1. The Kier molecular flexibility index (Phi) is 3.30. The Hall–Kier alpha value is -1.55. The molecular weight excluding hydrogens is 228 g/mol. The summed E-state index contributed by atoms with van der Waals surface area (Å²) in [6, 6.07) is 7.40. The zero-order chi connectivity index (χ0) is 13.3. The van der Waals surface area contributed by atoms with E-state index in [-0.39, 0.29) is 11.8 Å². The van der Waals surface area contributed by atoms with Gasteiger partial charge in [-0.25, -0.2) is 0 Å². The van der Waals surface area contributed by atoms with Gasteiger partial charge in [0.1, 0.15) is 0 Å². The van der Waals surface area contributed by atoms with Crippen LogP contribution in [0, 0.1) is 0 Å². The molecule has 1 saturated heterocycles. The number of hydrogen-bond donors (Lipinski definition) is 2. The highest BCUT2D eigenvalue weighted by atomic mass is 16.3. The molecule has 0 bridgehead atoms. The number of amides is 1. The molecule has 2 rings (SSSR count). The smallest absolute Gasteiger partial charge is 0.229 e. The number of β-amino-alcohol motifs (C(OH)–C–C–N with tert-alkyl or cyclic N) is 1. The summed E-state index contributed by atoms with van der Waals surface area (Å²) in [5, 5.41) is 9.90. The van der Waals surface area contributed by atoms with Crippen molar-refractivity contribution in [2.24, 2.45) is 0 Å². The Bertz CT molecular complexity index is 457. The predicted molar refractivity (Wildman–Crippen MR) is 71.1 cm³/mol. The summed E-state index contributed by atoms with van der Waals surface area (Å²) in [6.07, 6.45) is 0.641. The molecule has 0 saturated carbocycles. The van der Waals surface area contributed by atoms with Crippen LogP contribution in [0.2, 0.25) is 0 Å². The minimum Gasteiger partial charge on any atom is -0.399 e. The molecule has 2 atom stereocenters. The fourth-order valence-corrected chi connectivity index (χ4v) is 2.38. The quantitative estimate of drug-likeness (QED) is 0.776. The number of carbonyl (C=O) groups excluding carboxylic acids is 1. The van der Waals surface area contributed by atoms with E-state index in [9.17, 15) is 9.90 Å². The molecule has 98 valence electrons. The maximum atomic E-state index is 12.3. The molecule has 1 aliphatic heterocycles. The maximum Gasteiger partial charge on any atom is 0.229 e. The summed E-state index contributed by atoms with van der Waals surface area (Å²) in [6.45, 7) is 4.69. The molecule has 0 aliphatic carbocycles. The second kappa shape index (κ2) is 4.61. The summed E-state index contributed by atoms with van der Waals surface area (Å²) in [4.78, 5) is 14.0. The molecule has 1 aromatic rings. The molecule has 0 aromatic heterocycles. The number of benzene rings is 1. The highest BCUT2D eigenvalue weighted by Crippen LogP contribution is 2.26. The van der Waals surface area contributed by atoms with E-state index in [0.717, 1.165) is 5.56 Å². The first-order chi connectivity index (χ1) is 8.39. The predicted octanol–water partition coefficient (Wildman–Crippen LogP) is 1.36. The lowest BCUT2D eigenvalue weighted by Crippen LogP contribution is -2.36.